The van der Waals surface area contributed by atoms with E-state index < -0.39 is 11.9 Å². The number of amides is 1. The molecular weight excluding hydrogens is 397 g/mol. The van der Waals surface area contributed by atoms with Crippen molar-refractivity contribution in [1.82, 2.24) is 19.6 Å². The van der Waals surface area contributed by atoms with Gasteiger partial charge in [0.25, 0.3) is 5.91 Å². The van der Waals surface area contributed by atoms with Gasteiger partial charge in [-0.25, -0.2) is 9.48 Å². The van der Waals surface area contributed by atoms with Gasteiger partial charge in [-0.15, -0.1) is 0 Å². The fraction of sp³-hybridized carbons (Fsp3) is 0.125. The molecule has 1 amide bonds. The minimum Gasteiger partial charge on any atom is -0.476 e. The molecule has 0 saturated carbocycles. The van der Waals surface area contributed by atoms with E-state index in [2.05, 4.69) is 15.5 Å². The van der Waals surface area contributed by atoms with Gasteiger partial charge in [-0.1, -0.05) is 29.3 Å². The van der Waals surface area contributed by atoms with Crippen LogP contribution in [0.2, 0.25) is 10.0 Å². The van der Waals surface area contributed by atoms with Crippen molar-refractivity contribution in [2.75, 3.05) is 5.32 Å². The average Bonchev–Trinajstić information content (AvgIpc) is 3.23. The highest BCUT2D eigenvalue weighted by Gasteiger charge is 2.19. The summed E-state index contributed by atoms with van der Waals surface area (Å²) in [5.74, 6) is -1.40. The highest BCUT2D eigenvalue weighted by molar-refractivity contribution is 6.42. The minimum absolute atomic E-state index is 0.000606. The van der Waals surface area contributed by atoms with Gasteiger partial charge in [-0.05, 0) is 18.2 Å². The summed E-state index contributed by atoms with van der Waals surface area (Å²) in [6.45, 7) is 0.000606. The molecular formula is C16H13Cl2N5O4. The van der Waals surface area contributed by atoms with Gasteiger partial charge >= 0.3 is 5.97 Å². The molecule has 3 rings (SSSR count). The van der Waals surface area contributed by atoms with E-state index in [0.29, 0.717) is 10.8 Å². The SMILES string of the molecule is Cn1ncc(NC(=O)c2ccn(COc3cccc(Cl)c3Cl)n2)c1C(=O)O. The summed E-state index contributed by atoms with van der Waals surface area (Å²) in [6, 6.07) is 6.45. The van der Waals surface area contributed by atoms with Crippen molar-refractivity contribution in [3.8, 4) is 5.75 Å². The summed E-state index contributed by atoms with van der Waals surface area (Å²) in [5, 5.41) is 20.2. The van der Waals surface area contributed by atoms with Crippen LogP contribution < -0.4 is 10.1 Å². The molecule has 3 aromatic rings. The van der Waals surface area contributed by atoms with Crippen molar-refractivity contribution >= 4 is 40.8 Å². The summed E-state index contributed by atoms with van der Waals surface area (Å²) >= 11 is 12.0. The lowest BCUT2D eigenvalue weighted by atomic mass is 10.3. The number of carbonyl (C=O) groups excluding carboxylic acids is 1. The highest BCUT2D eigenvalue weighted by Crippen LogP contribution is 2.31. The second kappa shape index (κ2) is 7.68. The number of aryl methyl sites for hydroxylation is 1. The Morgan fingerprint density at radius 2 is 2.07 bits per heavy atom. The summed E-state index contributed by atoms with van der Waals surface area (Å²) in [5.41, 5.74) is 0.0178. The quantitative estimate of drug-likeness (QED) is 0.647. The predicted molar refractivity (Wildman–Crippen MR) is 97.4 cm³/mol. The third kappa shape index (κ3) is 4.04. The fourth-order valence-corrected chi connectivity index (χ4v) is 2.60. The molecule has 1 aromatic carbocycles. The maximum absolute atomic E-state index is 12.3. The molecule has 2 aromatic heterocycles. The van der Waals surface area contributed by atoms with Gasteiger partial charge in [0.2, 0.25) is 0 Å². The van der Waals surface area contributed by atoms with Crippen molar-refractivity contribution in [3.05, 3.63) is 58.1 Å². The summed E-state index contributed by atoms with van der Waals surface area (Å²) in [4.78, 5) is 23.5. The third-order valence-corrected chi connectivity index (χ3v) is 4.33. The minimum atomic E-state index is -1.21. The predicted octanol–water partition coefficient (Wildman–Crippen LogP) is 2.91. The number of hydrogen-bond donors (Lipinski definition) is 2. The van der Waals surface area contributed by atoms with E-state index >= 15 is 0 Å². The lowest BCUT2D eigenvalue weighted by molar-refractivity contribution is 0.0686. The van der Waals surface area contributed by atoms with Crippen LogP contribution in [0.25, 0.3) is 0 Å². The third-order valence-electron chi connectivity index (χ3n) is 3.53. The lowest BCUT2D eigenvalue weighted by Crippen LogP contribution is -2.16. The van der Waals surface area contributed by atoms with Crippen LogP contribution in [0.5, 0.6) is 5.75 Å². The Kier molecular flexibility index (Phi) is 5.33. The van der Waals surface area contributed by atoms with Crippen LogP contribution in [-0.2, 0) is 13.8 Å². The average molecular weight is 410 g/mol. The maximum atomic E-state index is 12.3. The molecule has 0 unspecified atom stereocenters. The Hall–Kier alpha value is -3.04. The van der Waals surface area contributed by atoms with Crippen molar-refractivity contribution in [2.24, 2.45) is 7.05 Å². The number of nitrogens with zero attached hydrogens (tertiary/aromatic N) is 4. The topological polar surface area (TPSA) is 111 Å². The molecule has 0 atom stereocenters. The zero-order valence-electron chi connectivity index (χ0n) is 13.9. The Morgan fingerprint density at radius 3 is 2.81 bits per heavy atom. The zero-order valence-corrected chi connectivity index (χ0v) is 15.4. The first kappa shape index (κ1) is 18.7. The summed E-state index contributed by atoms with van der Waals surface area (Å²) in [7, 11) is 1.46. The molecule has 0 aliphatic rings. The van der Waals surface area contributed by atoms with E-state index in [1.807, 2.05) is 0 Å². The molecule has 9 nitrogen and oxygen atoms in total. The lowest BCUT2D eigenvalue weighted by Gasteiger charge is -2.08. The van der Waals surface area contributed by atoms with Crippen LogP contribution in [0.4, 0.5) is 5.69 Å². The number of nitrogens with one attached hydrogen (secondary N) is 1. The largest absolute Gasteiger partial charge is 0.476 e. The van der Waals surface area contributed by atoms with E-state index in [0.717, 1.165) is 4.68 Å². The van der Waals surface area contributed by atoms with Crippen LogP contribution in [0, 0.1) is 0 Å². The standard InChI is InChI=1S/C16H13Cl2N5O4/c1-22-14(16(25)26)11(7-19-22)20-15(24)10-5-6-23(21-10)8-27-12-4-2-3-9(17)13(12)18/h2-7H,8H2,1H3,(H,20,24)(H,25,26). The second-order valence-electron chi connectivity index (χ2n) is 5.36. The van der Waals surface area contributed by atoms with Crippen molar-refractivity contribution in [1.29, 1.82) is 0 Å². The Bertz CT molecular complexity index is 1010. The number of aromatic carboxylic acids is 1. The van der Waals surface area contributed by atoms with Crippen LogP contribution in [0.1, 0.15) is 21.0 Å². The number of halogens is 2. The van der Waals surface area contributed by atoms with Crippen molar-refractivity contribution in [3.63, 3.8) is 0 Å². The number of rotatable bonds is 6. The Morgan fingerprint density at radius 1 is 1.30 bits per heavy atom. The van der Waals surface area contributed by atoms with E-state index in [1.54, 1.807) is 18.2 Å². The number of benzene rings is 1. The van der Waals surface area contributed by atoms with E-state index in [-0.39, 0.29) is 28.8 Å². The molecule has 0 aliphatic heterocycles. The number of carbonyl (C=O) groups is 2. The molecule has 0 spiro atoms. The number of ether oxygens (including phenoxy) is 1. The van der Waals surface area contributed by atoms with E-state index in [9.17, 15) is 14.7 Å². The molecule has 2 heterocycles. The molecule has 140 valence electrons. The maximum Gasteiger partial charge on any atom is 0.356 e. The van der Waals surface area contributed by atoms with Gasteiger partial charge in [0.05, 0.1) is 16.9 Å². The smallest absolute Gasteiger partial charge is 0.356 e. The molecule has 11 heteroatoms. The molecule has 0 fully saturated rings. The van der Waals surface area contributed by atoms with Crippen LogP contribution in [0.3, 0.4) is 0 Å². The van der Waals surface area contributed by atoms with E-state index in [4.69, 9.17) is 27.9 Å². The fourth-order valence-electron chi connectivity index (χ4n) is 2.25. The van der Waals surface area contributed by atoms with E-state index in [1.165, 1.54) is 30.2 Å². The van der Waals surface area contributed by atoms with Gasteiger partial charge in [0, 0.05) is 13.2 Å². The van der Waals surface area contributed by atoms with Gasteiger partial charge < -0.3 is 15.2 Å². The number of carboxylic acid groups (broad SMARTS) is 1. The van der Waals surface area contributed by atoms with Gasteiger partial charge in [-0.3, -0.25) is 9.48 Å². The van der Waals surface area contributed by atoms with Gasteiger partial charge in [0.15, 0.2) is 18.1 Å². The van der Waals surface area contributed by atoms with Crippen molar-refractivity contribution in [2.45, 2.75) is 6.73 Å². The molecule has 2 N–H and O–H groups in total. The normalized spacial score (nSPS) is 10.6. The number of carboxylic acids is 1. The summed E-state index contributed by atoms with van der Waals surface area (Å²) in [6.07, 6.45) is 2.79. The summed E-state index contributed by atoms with van der Waals surface area (Å²) < 4.78 is 8.06. The first-order valence-corrected chi connectivity index (χ1v) is 8.29. The monoisotopic (exact) mass is 409 g/mol. The van der Waals surface area contributed by atoms with Crippen LogP contribution in [0.15, 0.2) is 36.7 Å². The molecule has 0 radical (unpaired) electrons. The molecule has 27 heavy (non-hydrogen) atoms. The van der Waals surface area contributed by atoms with Gasteiger partial charge in [0.1, 0.15) is 10.8 Å². The van der Waals surface area contributed by atoms with Crippen LogP contribution in [-0.4, -0.2) is 36.5 Å². The number of hydrogen-bond acceptors (Lipinski definition) is 5. The van der Waals surface area contributed by atoms with Crippen molar-refractivity contribution < 1.29 is 19.4 Å². The van der Waals surface area contributed by atoms with Crippen LogP contribution >= 0.6 is 23.2 Å². The molecule has 0 bridgehead atoms. The number of aromatic nitrogens is 4. The first-order chi connectivity index (χ1) is 12.9. The second-order valence-corrected chi connectivity index (χ2v) is 6.14. The molecule has 0 aliphatic carbocycles. The van der Waals surface area contributed by atoms with Gasteiger partial charge in [-0.2, -0.15) is 10.2 Å². The first-order valence-electron chi connectivity index (χ1n) is 7.53. The zero-order chi connectivity index (χ0) is 19.6. The Labute approximate surface area is 163 Å². The number of anilines is 1. The Balaban J connectivity index is 1.68. The highest BCUT2D eigenvalue weighted by atomic mass is 35.5. The molecule has 0 saturated heterocycles.